The highest BCUT2D eigenvalue weighted by Gasteiger charge is 2.43. The summed E-state index contributed by atoms with van der Waals surface area (Å²) in [7, 11) is 5.87. The molecule has 0 aromatic heterocycles. The van der Waals surface area contributed by atoms with Gasteiger partial charge >= 0.3 is 24.7 Å². The molecule has 78 heavy (non-hydrogen) atoms. The van der Waals surface area contributed by atoms with Gasteiger partial charge in [-0.05, 0) is 150 Å². The van der Waals surface area contributed by atoms with Gasteiger partial charge in [0.15, 0.2) is 0 Å². The van der Waals surface area contributed by atoms with Gasteiger partial charge in [-0.15, -0.1) is 0 Å². The van der Waals surface area contributed by atoms with Gasteiger partial charge in [-0.2, -0.15) is 52.7 Å². The minimum absolute atomic E-state index is 0.0259. The standard InChI is InChI=1S/C62H67F12NO3/c1-13-46-47(34-50(56(3,4)5)54(76-10)52(46)40-28-42(59(63,64)65)32-43(29-40)60(66,67)68)48-35-51(57(6,7)8)55(77-11)53(41-30-44(61(69,70)71)33-45(31-41)62(72,73)74)49(48)36-75(9)37(2)58(78-12,26-24-38-20-16-14-17-21-38)27-25-39-22-18-15-19-23-39/h14-23,28-35,37H,13,24-27,36H2,1-12H3/t37-/m0/s1. The van der Waals surface area contributed by atoms with E-state index in [1.807, 2.05) is 72.5 Å². The second-order valence-electron chi connectivity index (χ2n) is 22.0. The lowest BCUT2D eigenvalue weighted by molar-refractivity contribution is -0.144. The van der Waals surface area contributed by atoms with Crippen molar-refractivity contribution in [2.24, 2.45) is 0 Å². The van der Waals surface area contributed by atoms with Gasteiger partial charge in [-0.1, -0.05) is 109 Å². The molecule has 6 rings (SSSR count). The molecule has 4 nitrogen and oxygen atoms in total. The Hall–Kier alpha value is -6.00. The molecule has 0 fully saturated rings. The quantitative estimate of drug-likeness (QED) is 0.0852. The smallest absolute Gasteiger partial charge is 0.416 e. The maximum Gasteiger partial charge on any atom is 0.416 e. The average molecular weight is 1100 g/mol. The van der Waals surface area contributed by atoms with E-state index in [4.69, 9.17) is 14.2 Å². The summed E-state index contributed by atoms with van der Waals surface area (Å²) in [5.74, 6) is -0.0709. The zero-order valence-electron chi connectivity index (χ0n) is 45.9. The zero-order valence-corrected chi connectivity index (χ0v) is 45.9. The van der Waals surface area contributed by atoms with Crippen LogP contribution in [0.2, 0.25) is 0 Å². The van der Waals surface area contributed by atoms with Crippen molar-refractivity contribution in [1.29, 1.82) is 0 Å². The molecule has 0 N–H and O–H groups in total. The number of nitrogens with zero attached hydrogens (tertiary/aromatic N) is 1. The first kappa shape index (κ1) is 61.2. The van der Waals surface area contributed by atoms with Crippen LogP contribution in [0.4, 0.5) is 52.7 Å². The molecule has 0 aliphatic carbocycles. The lowest BCUT2D eigenvalue weighted by Crippen LogP contribution is -2.51. The molecule has 0 aliphatic rings. The van der Waals surface area contributed by atoms with Crippen LogP contribution in [0.5, 0.6) is 11.5 Å². The van der Waals surface area contributed by atoms with Crippen molar-refractivity contribution >= 4 is 0 Å². The van der Waals surface area contributed by atoms with E-state index in [0.717, 1.165) is 11.1 Å². The molecule has 0 unspecified atom stereocenters. The van der Waals surface area contributed by atoms with E-state index < -0.39 is 80.6 Å². The molecule has 0 bridgehead atoms. The normalized spacial score (nSPS) is 13.6. The number of methoxy groups -OCH3 is 3. The number of alkyl halides is 12. The molecule has 0 radical (unpaired) electrons. The minimum Gasteiger partial charge on any atom is -0.496 e. The Bertz CT molecular complexity index is 2930. The third-order valence-corrected chi connectivity index (χ3v) is 14.8. The maximum absolute atomic E-state index is 15.0. The first-order chi connectivity index (χ1) is 36.1. The van der Waals surface area contributed by atoms with Gasteiger partial charge in [0.1, 0.15) is 11.5 Å². The second kappa shape index (κ2) is 23.0. The predicted octanol–water partition coefficient (Wildman–Crippen LogP) is 18.4. The zero-order chi connectivity index (χ0) is 58.1. The van der Waals surface area contributed by atoms with E-state index in [-0.39, 0.29) is 70.0 Å². The summed E-state index contributed by atoms with van der Waals surface area (Å²) in [6.45, 7) is 14.0. The van der Waals surface area contributed by atoms with E-state index in [1.54, 1.807) is 74.8 Å². The van der Waals surface area contributed by atoms with Crippen molar-refractivity contribution in [3.05, 3.63) is 165 Å². The Kier molecular flexibility index (Phi) is 18.0. The Balaban J connectivity index is 1.83. The van der Waals surface area contributed by atoms with Crippen LogP contribution >= 0.6 is 0 Å². The molecular weight excluding hydrogens is 1030 g/mol. The number of hydrogen-bond acceptors (Lipinski definition) is 4. The first-order valence-electron chi connectivity index (χ1n) is 25.5. The van der Waals surface area contributed by atoms with Crippen molar-refractivity contribution in [1.82, 2.24) is 4.90 Å². The first-order valence-corrected chi connectivity index (χ1v) is 25.5. The number of halogens is 12. The molecule has 16 heteroatoms. The number of hydrogen-bond donors (Lipinski definition) is 0. The fourth-order valence-corrected chi connectivity index (χ4v) is 10.5. The van der Waals surface area contributed by atoms with Crippen LogP contribution in [-0.2, 0) is 66.1 Å². The average Bonchev–Trinajstić information content (AvgIpc) is 3.56. The highest BCUT2D eigenvalue weighted by atomic mass is 19.4. The van der Waals surface area contributed by atoms with Gasteiger partial charge in [0, 0.05) is 42.0 Å². The van der Waals surface area contributed by atoms with E-state index in [1.165, 1.54) is 14.2 Å². The number of benzene rings is 6. The highest BCUT2D eigenvalue weighted by molar-refractivity contribution is 5.91. The summed E-state index contributed by atoms with van der Waals surface area (Å²) in [4.78, 5) is 1.90. The van der Waals surface area contributed by atoms with E-state index in [9.17, 15) is 52.7 Å². The molecule has 0 spiro atoms. The predicted molar refractivity (Wildman–Crippen MR) is 283 cm³/mol. The summed E-state index contributed by atoms with van der Waals surface area (Å²) in [5, 5.41) is 0. The van der Waals surface area contributed by atoms with Gasteiger partial charge in [-0.25, -0.2) is 0 Å². The Morgan fingerprint density at radius 2 is 0.808 bits per heavy atom. The van der Waals surface area contributed by atoms with Crippen molar-refractivity contribution in [3.63, 3.8) is 0 Å². The monoisotopic (exact) mass is 1100 g/mol. The summed E-state index contributed by atoms with van der Waals surface area (Å²) < 4.78 is 197. The summed E-state index contributed by atoms with van der Waals surface area (Å²) in [5.41, 5.74) is -6.95. The number of aryl methyl sites for hydroxylation is 2. The molecule has 0 saturated carbocycles. The van der Waals surface area contributed by atoms with Gasteiger partial charge in [0.05, 0.1) is 42.1 Å². The highest BCUT2D eigenvalue weighted by Crippen LogP contribution is 2.53. The molecular formula is C62H67F12NO3. The van der Waals surface area contributed by atoms with Crippen molar-refractivity contribution in [2.45, 2.75) is 141 Å². The van der Waals surface area contributed by atoms with Gasteiger partial charge in [-0.3, -0.25) is 4.90 Å². The number of ether oxygens (including phenoxy) is 3. The molecule has 6 aromatic carbocycles. The van der Waals surface area contributed by atoms with Crippen molar-refractivity contribution in [3.8, 4) is 44.9 Å². The van der Waals surface area contributed by atoms with Crippen LogP contribution in [0.15, 0.2) is 109 Å². The van der Waals surface area contributed by atoms with Crippen LogP contribution in [0, 0.1) is 0 Å². The van der Waals surface area contributed by atoms with Gasteiger partial charge in [0.2, 0.25) is 0 Å². The van der Waals surface area contributed by atoms with Crippen LogP contribution < -0.4 is 9.47 Å². The summed E-state index contributed by atoms with van der Waals surface area (Å²) >= 11 is 0. The fraction of sp³-hybridized carbons (Fsp3) is 0.419. The molecule has 0 amide bonds. The Morgan fingerprint density at radius 3 is 1.10 bits per heavy atom. The molecule has 0 aliphatic heterocycles. The third-order valence-electron chi connectivity index (χ3n) is 14.8. The van der Waals surface area contributed by atoms with Crippen molar-refractivity contribution < 1.29 is 66.9 Å². The molecule has 6 aromatic rings. The topological polar surface area (TPSA) is 30.9 Å². The lowest BCUT2D eigenvalue weighted by Gasteiger charge is -2.43. The van der Waals surface area contributed by atoms with Crippen LogP contribution in [0.3, 0.4) is 0 Å². The van der Waals surface area contributed by atoms with Crippen LogP contribution in [-0.4, -0.2) is 44.9 Å². The third kappa shape index (κ3) is 13.5. The minimum atomic E-state index is -5.27. The lowest BCUT2D eigenvalue weighted by atomic mass is 9.75. The number of rotatable bonds is 17. The van der Waals surface area contributed by atoms with E-state index in [2.05, 4.69) is 0 Å². The molecule has 0 saturated heterocycles. The Morgan fingerprint density at radius 1 is 0.474 bits per heavy atom. The summed E-state index contributed by atoms with van der Waals surface area (Å²) in [6, 6.07) is 24.9. The largest absolute Gasteiger partial charge is 0.496 e. The van der Waals surface area contributed by atoms with Crippen LogP contribution in [0.1, 0.15) is 124 Å². The molecule has 1 atom stereocenters. The summed E-state index contributed by atoms with van der Waals surface area (Å²) in [6.07, 6.45) is -19.0. The van der Waals surface area contributed by atoms with Crippen molar-refractivity contribution in [2.75, 3.05) is 28.4 Å². The van der Waals surface area contributed by atoms with Crippen LogP contribution in [0.25, 0.3) is 33.4 Å². The Labute approximate surface area is 449 Å². The second-order valence-corrected chi connectivity index (χ2v) is 22.0. The van der Waals surface area contributed by atoms with E-state index in [0.29, 0.717) is 61.1 Å². The fourth-order valence-electron chi connectivity index (χ4n) is 10.5. The van der Waals surface area contributed by atoms with E-state index >= 15 is 0 Å². The maximum atomic E-state index is 15.0. The molecule has 422 valence electrons. The SMILES string of the molecule is CCc1c(-c2cc(C(C)(C)C)c(OC)c(-c3cc(C(F)(F)F)cc(C(F)(F)F)c3)c2CN(C)[C@@H](C)C(CCc2ccccc2)(CCc2ccccc2)OC)cc(C(C)(C)C)c(OC)c1-c1cc(C(F)(F)F)cc(C(F)(F)F)c1. The van der Waals surface area contributed by atoms with Gasteiger partial charge < -0.3 is 14.2 Å². The van der Waals surface area contributed by atoms with Gasteiger partial charge in [0.25, 0.3) is 0 Å². The molecule has 0 heterocycles. The number of likely N-dealkylation sites (N-methyl/N-ethyl adjacent to an activating group) is 1.